The average Bonchev–Trinajstić information content (AvgIpc) is 4.00. The van der Waals surface area contributed by atoms with E-state index in [1.165, 1.54) is 52.7 Å². The van der Waals surface area contributed by atoms with E-state index in [2.05, 4.69) is 50.9 Å². The average molecular weight is 1110 g/mol. The Balaban J connectivity index is 1.36. The van der Waals surface area contributed by atoms with Crippen LogP contribution in [0.15, 0.2) is 78.8 Å². The molecule has 0 saturated heterocycles. The van der Waals surface area contributed by atoms with E-state index >= 15 is 0 Å². The summed E-state index contributed by atoms with van der Waals surface area (Å²) in [4.78, 5) is 27.9. The first-order valence-electron chi connectivity index (χ1n) is 22.9. The van der Waals surface area contributed by atoms with Gasteiger partial charge in [0.15, 0.2) is 0 Å². The topological polar surface area (TPSA) is 334 Å². The van der Waals surface area contributed by atoms with Crippen LogP contribution in [0.2, 0.25) is 0 Å². The molecule has 0 aliphatic carbocycles. The van der Waals surface area contributed by atoms with E-state index in [4.69, 9.17) is 33.9 Å². The zero-order valence-corrected chi connectivity index (χ0v) is 45.1. The van der Waals surface area contributed by atoms with E-state index in [-0.39, 0.29) is 88.3 Å². The monoisotopic (exact) mass is 1110 g/mol. The first-order valence-corrected chi connectivity index (χ1v) is 27.4. The highest BCUT2D eigenvalue weighted by atomic mass is 32.2. The summed E-state index contributed by atoms with van der Waals surface area (Å²) < 4.78 is 91.3. The van der Waals surface area contributed by atoms with Crippen molar-refractivity contribution in [3.63, 3.8) is 0 Å². The Morgan fingerprint density at radius 3 is 1.24 bits per heavy atom. The van der Waals surface area contributed by atoms with Crippen molar-refractivity contribution >= 4 is 126 Å². The normalized spacial score (nSPS) is 12.0. The third kappa shape index (κ3) is 12.7. The number of aliphatic hydroxyl groups is 2. The zero-order chi connectivity index (χ0) is 54.2. The van der Waals surface area contributed by atoms with Gasteiger partial charge in [-0.1, -0.05) is 22.7 Å². The molecule has 4 aromatic carbocycles. The molecular weight excluding hydrogens is 1060 g/mol. The fourth-order valence-electron chi connectivity index (χ4n) is 7.69. The van der Waals surface area contributed by atoms with Gasteiger partial charge < -0.3 is 54.5 Å². The second kappa shape index (κ2) is 24.0. The van der Waals surface area contributed by atoms with Crippen LogP contribution in [0.4, 0.5) is 62.2 Å². The first kappa shape index (κ1) is 55.6. The molecule has 3 aromatic heterocycles. The molecule has 0 amide bonds. The van der Waals surface area contributed by atoms with Crippen molar-refractivity contribution in [2.24, 2.45) is 20.5 Å². The number of hydrogen-bond acceptors (Lipinski definition) is 26. The zero-order valence-electron chi connectivity index (χ0n) is 41.8. The van der Waals surface area contributed by atoms with Crippen molar-refractivity contribution in [1.29, 1.82) is 0 Å². The largest absolute Gasteiger partial charge is 0.495 e. The van der Waals surface area contributed by atoms with Crippen LogP contribution >= 0.6 is 22.7 Å². The summed E-state index contributed by atoms with van der Waals surface area (Å²) in [7, 11) is -3.69. The molecule has 0 unspecified atom stereocenters. The predicted octanol–water partition coefficient (Wildman–Crippen LogP) is 8.42. The lowest BCUT2D eigenvalue weighted by Crippen LogP contribution is -2.31. The fourth-order valence-corrected chi connectivity index (χ4v) is 10.6. The number of aliphatic hydroxyl groups excluding tert-OH is 2. The van der Waals surface area contributed by atoms with Gasteiger partial charge in [-0.15, -0.1) is 20.5 Å². The summed E-state index contributed by atoms with van der Waals surface area (Å²) in [6.07, 6.45) is 0. The Morgan fingerprint density at radius 1 is 0.520 bits per heavy atom. The van der Waals surface area contributed by atoms with Crippen LogP contribution < -0.4 is 44.3 Å². The van der Waals surface area contributed by atoms with Gasteiger partial charge in [-0.05, 0) is 52.0 Å². The Morgan fingerprint density at radius 2 is 0.907 bits per heavy atom. The van der Waals surface area contributed by atoms with E-state index < -0.39 is 30.0 Å². The number of anilines is 7. The van der Waals surface area contributed by atoms with Crippen molar-refractivity contribution in [3.8, 4) is 23.0 Å². The lowest BCUT2D eigenvalue weighted by molar-refractivity contribution is 0.280. The van der Waals surface area contributed by atoms with Crippen LogP contribution in [0.5, 0.6) is 23.0 Å². The van der Waals surface area contributed by atoms with Gasteiger partial charge in [0.2, 0.25) is 28.1 Å². The van der Waals surface area contributed by atoms with Gasteiger partial charge in [0.1, 0.15) is 44.2 Å². The molecule has 0 bridgehead atoms. The van der Waals surface area contributed by atoms with E-state index in [0.29, 0.717) is 69.8 Å². The second-order valence-electron chi connectivity index (χ2n) is 15.7. The molecule has 3 heterocycles. The molecule has 7 aromatic rings. The SMILES string of the molecule is CCN(CC)c1cc(Nc2nc(Nc3cc(N(CC)CC)c(OC)cc3/N=N/c3nc4cc(S(=O)(=O)O)c(OC)cc4s3)nc(N(CCO)CCO)n2)c(/N=N/c2nc3cc(S(=O)(=O)O)c(OC)cc3s2)cc1OC. The number of fused-ring (bicyclic) bond motifs is 2. The molecule has 400 valence electrons. The van der Waals surface area contributed by atoms with E-state index in [1.807, 2.05) is 27.7 Å². The fraction of sp³-hybridized carbons (Fsp3) is 0.356. The minimum absolute atomic E-state index is 0.0184. The molecule has 0 spiro atoms. The van der Waals surface area contributed by atoms with E-state index in [0.717, 1.165) is 22.7 Å². The molecule has 26 nitrogen and oxygen atoms in total. The van der Waals surface area contributed by atoms with Gasteiger partial charge in [0.25, 0.3) is 20.2 Å². The summed E-state index contributed by atoms with van der Waals surface area (Å²) in [5, 5.41) is 45.0. The van der Waals surface area contributed by atoms with Crippen molar-refractivity contribution in [2.45, 2.75) is 37.5 Å². The molecule has 0 radical (unpaired) electrons. The molecule has 6 N–H and O–H groups in total. The number of rotatable bonds is 25. The minimum atomic E-state index is -4.65. The number of benzene rings is 4. The third-order valence-corrected chi connectivity index (χ3v) is 14.9. The molecule has 30 heteroatoms. The van der Waals surface area contributed by atoms with Crippen LogP contribution in [-0.2, 0) is 20.2 Å². The highest BCUT2D eigenvalue weighted by Crippen LogP contribution is 2.44. The summed E-state index contributed by atoms with van der Waals surface area (Å²) in [6.45, 7) is 9.83. The summed E-state index contributed by atoms with van der Waals surface area (Å²) in [5.74, 6) is 0.783. The standard InChI is InChI=1S/C45H54N14O12S4/c1-9-57(10-2)31-17-25(27(19-33(31)68-5)53-55-44-48-29-21-39(74(62,63)64)35(70-7)23-37(29)72-44)46-41-50-42(52-43(51-41)59(13-15-60)14-16-61)47-26-18-32(58(11-3)12-4)34(69-6)20-28(26)54-56-45-49-30-22-40(75(65,66)67)36(71-8)24-38(30)73-45/h17-24,60-61H,9-16H2,1-8H3,(H,62,63,64)(H,65,66,67)(H2,46,47,50,51,52)/b55-53+,56-54+. The molecule has 75 heavy (non-hydrogen) atoms. The second-order valence-corrected chi connectivity index (χ2v) is 20.5. The van der Waals surface area contributed by atoms with Crippen LogP contribution in [0.25, 0.3) is 20.4 Å². The molecule has 0 aliphatic rings. The molecule has 0 atom stereocenters. The van der Waals surface area contributed by atoms with Crippen LogP contribution in [0.3, 0.4) is 0 Å². The number of hydrogen-bond donors (Lipinski definition) is 6. The number of thiazole rings is 2. The number of nitrogens with zero attached hydrogens (tertiary/aromatic N) is 12. The van der Waals surface area contributed by atoms with Gasteiger partial charge in [0, 0.05) is 63.5 Å². The van der Waals surface area contributed by atoms with Crippen LogP contribution in [0.1, 0.15) is 27.7 Å². The predicted molar refractivity (Wildman–Crippen MR) is 286 cm³/mol. The lowest BCUT2D eigenvalue weighted by Gasteiger charge is -2.25. The number of ether oxygens (including phenoxy) is 4. The third-order valence-electron chi connectivity index (χ3n) is 11.3. The number of methoxy groups -OCH3 is 4. The van der Waals surface area contributed by atoms with Crippen molar-refractivity contribution < 1.29 is 55.1 Å². The van der Waals surface area contributed by atoms with Crippen molar-refractivity contribution in [1.82, 2.24) is 24.9 Å². The molecule has 7 rings (SSSR count). The molecule has 0 fully saturated rings. The van der Waals surface area contributed by atoms with Gasteiger partial charge in [0.05, 0.1) is 84.8 Å². The summed E-state index contributed by atoms with van der Waals surface area (Å²) >= 11 is 2.19. The van der Waals surface area contributed by atoms with Crippen LogP contribution in [-0.4, -0.2) is 142 Å². The first-order chi connectivity index (χ1) is 35.9. The maximum atomic E-state index is 12.1. The maximum absolute atomic E-state index is 12.1. The Hall–Kier alpha value is -7.19. The molecule has 0 aliphatic heterocycles. The Bertz CT molecular complexity index is 3260. The number of nitrogens with one attached hydrogen (secondary N) is 2. The summed E-state index contributed by atoms with van der Waals surface area (Å²) in [6, 6.07) is 12.1. The van der Waals surface area contributed by atoms with Gasteiger partial charge in [-0.2, -0.15) is 31.8 Å². The minimum Gasteiger partial charge on any atom is -0.495 e. The van der Waals surface area contributed by atoms with E-state index in [1.54, 1.807) is 29.2 Å². The molecule has 0 saturated carbocycles. The van der Waals surface area contributed by atoms with Crippen LogP contribution in [0, 0.1) is 0 Å². The number of aromatic nitrogens is 5. The maximum Gasteiger partial charge on any atom is 0.298 e. The Labute approximate surface area is 439 Å². The smallest absolute Gasteiger partial charge is 0.298 e. The van der Waals surface area contributed by atoms with Gasteiger partial charge >= 0.3 is 0 Å². The van der Waals surface area contributed by atoms with Crippen molar-refractivity contribution in [2.75, 3.05) is 106 Å². The van der Waals surface area contributed by atoms with Gasteiger partial charge in [-0.3, -0.25) is 9.11 Å². The molecular formula is C45H54N14O12S4. The quantitative estimate of drug-likeness (QED) is 0.0231. The van der Waals surface area contributed by atoms with E-state index in [9.17, 15) is 36.2 Å². The van der Waals surface area contributed by atoms with Gasteiger partial charge in [-0.25, -0.2) is 9.97 Å². The Kier molecular flexibility index (Phi) is 17.8. The number of azo groups is 2. The highest BCUT2D eigenvalue weighted by molar-refractivity contribution is 7.86. The van der Waals surface area contributed by atoms with Crippen molar-refractivity contribution in [3.05, 3.63) is 48.5 Å². The summed E-state index contributed by atoms with van der Waals surface area (Å²) in [5.41, 5.74) is 2.99. The lowest BCUT2D eigenvalue weighted by atomic mass is 10.2. The highest BCUT2D eigenvalue weighted by Gasteiger charge is 2.24.